The van der Waals surface area contributed by atoms with Gasteiger partial charge >= 0.3 is 0 Å². The van der Waals surface area contributed by atoms with Crippen molar-refractivity contribution in [3.63, 3.8) is 0 Å². The largest absolute Gasteiger partial charge is 0.375 e. The lowest BCUT2D eigenvalue weighted by molar-refractivity contribution is -0.0858. The highest BCUT2D eigenvalue weighted by Gasteiger charge is 2.32. The first kappa shape index (κ1) is 21.7. The lowest BCUT2D eigenvalue weighted by Gasteiger charge is -2.40. The number of nitrogens with zero attached hydrogens (tertiary/aromatic N) is 2. The second kappa shape index (κ2) is 11.3. The van der Waals surface area contributed by atoms with E-state index in [4.69, 9.17) is 4.74 Å². The minimum Gasteiger partial charge on any atom is -0.375 e. The SMILES string of the molecule is CC.CC(C)C#CC1CC(OC2CCN(CC3CCN(C)CC3)CC2)C1. The number of hydrogen-bond acceptors (Lipinski definition) is 3. The summed E-state index contributed by atoms with van der Waals surface area (Å²) in [5.74, 6) is 8.72. The third-order valence-electron chi connectivity index (χ3n) is 5.94. The molecule has 2 aliphatic heterocycles. The minimum absolute atomic E-state index is 0.488. The monoisotopic (exact) mass is 362 g/mol. The first-order valence-electron chi connectivity index (χ1n) is 11.2. The smallest absolute Gasteiger partial charge is 0.0603 e. The van der Waals surface area contributed by atoms with Crippen LogP contribution in [0.5, 0.6) is 0 Å². The van der Waals surface area contributed by atoms with Crippen molar-refractivity contribution in [1.29, 1.82) is 0 Å². The van der Waals surface area contributed by atoms with Crippen molar-refractivity contribution in [3.05, 3.63) is 0 Å². The predicted octanol–water partition coefficient (Wildman–Crippen LogP) is 4.27. The van der Waals surface area contributed by atoms with E-state index in [0.29, 0.717) is 24.0 Å². The molecule has 2 saturated heterocycles. The molecule has 3 aliphatic rings. The van der Waals surface area contributed by atoms with Crippen LogP contribution in [-0.4, -0.2) is 61.8 Å². The van der Waals surface area contributed by atoms with Crippen molar-refractivity contribution >= 4 is 0 Å². The second-order valence-corrected chi connectivity index (χ2v) is 8.62. The molecule has 3 heteroatoms. The van der Waals surface area contributed by atoms with Crippen LogP contribution in [-0.2, 0) is 4.74 Å². The fourth-order valence-electron chi connectivity index (χ4n) is 4.19. The van der Waals surface area contributed by atoms with Crippen LogP contribution in [0.25, 0.3) is 0 Å². The average molecular weight is 363 g/mol. The Morgan fingerprint density at radius 3 is 2.12 bits per heavy atom. The molecule has 1 saturated carbocycles. The van der Waals surface area contributed by atoms with E-state index in [1.165, 1.54) is 58.4 Å². The van der Waals surface area contributed by atoms with E-state index in [9.17, 15) is 0 Å². The van der Waals surface area contributed by atoms with E-state index in [1.807, 2.05) is 13.8 Å². The molecule has 0 aromatic rings. The summed E-state index contributed by atoms with van der Waals surface area (Å²) in [5.41, 5.74) is 0. The molecule has 3 rings (SSSR count). The molecule has 0 atom stereocenters. The Kier molecular flexibility index (Phi) is 9.46. The van der Waals surface area contributed by atoms with Gasteiger partial charge in [0.1, 0.15) is 0 Å². The molecule has 0 bridgehead atoms. The van der Waals surface area contributed by atoms with Crippen LogP contribution in [0, 0.1) is 29.6 Å². The molecule has 0 aromatic heterocycles. The zero-order valence-electron chi connectivity index (χ0n) is 18.0. The second-order valence-electron chi connectivity index (χ2n) is 8.62. The maximum Gasteiger partial charge on any atom is 0.0603 e. The van der Waals surface area contributed by atoms with Gasteiger partial charge in [-0.3, -0.25) is 0 Å². The van der Waals surface area contributed by atoms with E-state index in [1.54, 1.807) is 0 Å². The molecular weight excluding hydrogens is 320 g/mol. The van der Waals surface area contributed by atoms with Gasteiger partial charge in [-0.25, -0.2) is 0 Å². The van der Waals surface area contributed by atoms with Crippen LogP contribution in [0.2, 0.25) is 0 Å². The van der Waals surface area contributed by atoms with E-state index in [2.05, 4.69) is 42.5 Å². The maximum absolute atomic E-state index is 6.32. The summed E-state index contributed by atoms with van der Waals surface area (Å²) in [7, 11) is 2.25. The Labute approximate surface area is 162 Å². The molecular formula is C23H42N2O. The van der Waals surface area contributed by atoms with Crippen molar-refractivity contribution in [2.24, 2.45) is 17.8 Å². The van der Waals surface area contributed by atoms with Crippen LogP contribution in [0.4, 0.5) is 0 Å². The molecule has 150 valence electrons. The van der Waals surface area contributed by atoms with Crippen molar-refractivity contribution in [3.8, 4) is 11.8 Å². The van der Waals surface area contributed by atoms with Crippen LogP contribution in [0.15, 0.2) is 0 Å². The number of rotatable bonds is 4. The first-order chi connectivity index (χ1) is 12.6. The van der Waals surface area contributed by atoms with E-state index >= 15 is 0 Å². The van der Waals surface area contributed by atoms with Gasteiger partial charge in [0, 0.05) is 31.5 Å². The lowest BCUT2D eigenvalue weighted by atomic mass is 9.82. The summed E-state index contributed by atoms with van der Waals surface area (Å²) in [6, 6.07) is 0. The first-order valence-corrected chi connectivity index (χ1v) is 11.2. The topological polar surface area (TPSA) is 15.7 Å². The van der Waals surface area contributed by atoms with E-state index < -0.39 is 0 Å². The van der Waals surface area contributed by atoms with Crippen LogP contribution in [0.3, 0.4) is 0 Å². The molecule has 0 radical (unpaired) electrons. The zero-order chi connectivity index (χ0) is 18.9. The summed E-state index contributed by atoms with van der Waals surface area (Å²) >= 11 is 0. The van der Waals surface area contributed by atoms with E-state index in [-0.39, 0.29) is 0 Å². The molecule has 26 heavy (non-hydrogen) atoms. The fraction of sp³-hybridized carbons (Fsp3) is 0.913. The Hall–Kier alpha value is -0.560. The van der Waals surface area contributed by atoms with Gasteiger partial charge < -0.3 is 14.5 Å². The average Bonchev–Trinajstić information content (AvgIpc) is 2.62. The number of piperidine rings is 2. The molecule has 0 spiro atoms. The molecule has 0 aromatic carbocycles. The zero-order valence-corrected chi connectivity index (χ0v) is 18.0. The summed E-state index contributed by atoms with van der Waals surface area (Å²) in [6.07, 6.45) is 8.54. The third-order valence-corrected chi connectivity index (χ3v) is 5.94. The number of hydrogen-bond donors (Lipinski definition) is 0. The van der Waals surface area contributed by atoms with Gasteiger partial charge in [-0.05, 0) is 64.6 Å². The summed E-state index contributed by atoms with van der Waals surface area (Å²) in [4.78, 5) is 5.15. The molecule has 0 amide bonds. The van der Waals surface area contributed by atoms with Gasteiger partial charge in [-0.2, -0.15) is 0 Å². The summed E-state index contributed by atoms with van der Waals surface area (Å²) in [5, 5.41) is 0. The van der Waals surface area contributed by atoms with Crippen molar-refractivity contribution in [2.75, 3.05) is 39.8 Å². The van der Waals surface area contributed by atoms with Gasteiger partial charge in [-0.1, -0.05) is 33.6 Å². The fourth-order valence-corrected chi connectivity index (χ4v) is 4.19. The predicted molar refractivity (Wildman–Crippen MR) is 111 cm³/mol. The molecule has 2 heterocycles. The van der Waals surface area contributed by atoms with Crippen LogP contribution >= 0.6 is 0 Å². The van der Waals surface area contributed by atoms with E-state index in [0.717, 1.165) is 18.8 Å². The molecule has 0 N–H and O–H groups in total. The van der Waals surface area contributed by atoms with Gasteiger partial charge in [-0.15, -0.1) is 5.92 Å². The Bertz CT molecular complexity index is 431. The maximum atomic E-state index is 6.32. The quantitative estimate of drug-likeness (QED) is 0.695. The molecule has 3 nitrogen and oxygen atoms in total. The Morgan fingerprint density at radius 1 is 0.923 bits per heavy atom. The molecule has 1 aliphatic carbocycles. The van der Waals surface area contributed by atoms with Gasteiger partial charge in [0.2, 0.25) is 0 Å². The Morgan fingerprint density at radius 2 is 1.54 bits per heavy atom. The normalized spacial score (nSPS) is 28.7. The highest BCUT2D eigenvalue weighted by atomic mass is 16.5. The van der Waals surface area contributed by atoms with Gasteiger partial charge in [0.25, 0.3) is 0 Å². The standard InChI is InChI=1S/C21H36N2O.C2H6/c1-17(2)4-5-19-14-21(15-19)24-20-8-12-23(13-9-20)16-18-6-10-22(3)11-7-18;1-2/h17-21H,6-16H2,1-3H3;1-2H3. The van der Waals surface area contributed by atoms with Crippen molar-refractivity contribution in [2.45, 2.75) is 78.4 Å². The van der Waals surface area contributed by atoms with Crippen molar-refractivity contribution < 1.29 is 4.74 Å². The minimum atomic E-state index is 0.488. The van der Waals surface area contributed by atoms with Crippen LogP contribution in [0.1, 0.15) is 66.2 Å². The number of ether oxygens (including phenoxy) is 1. The van der Waals surface area contributed by atoms with Gasteiger partial charge in [0.05, 0.1) is 12.2 Å². The highest BCUT2D eigenvalue weighted by Crippen LogP contribution is 2.32. The summed E-state index contributed by atoms with van der Waals surface area (Å²) in [6.45, 7) is 14.7. The molecule has 3 fully saturated rings. The van der Waals surface area contributed by atoms with Crippen molar-refractivity contribution in [1.82, 2.24) is 9.80 Å². The van der Waals surface area contributed by atoms with Crippen LogP contribution < -0.4 is 0 Å². The molecule has 0 unspecified atom stereocenters. The number of likely N-dealkylation sites (tertiary alicyclic amines) is 2. The Balaban J connectivity index is 0.00000117. The summed E-state index contributed by atoms with van der Waals surface area (Å²) < 4.78 is 6.32. The highest BCUT2D eigenvalue weighted by molar-refractivity contribution is 5.10. The third kappa shape index (κ3) is 7.22. The van der Waals surface area contributed by atoms with Gasteiger partial charge in [0.15, 0.2) is 0 Å². The lowest BCUT2D eigenvalue weighted by Crippen LogP contribution is -2.44.